The molecule has 1 heterocycles. The minimum Gasteiger partial charge on any atom is -0.495 e. The summed E-state index contributed by atoms with van der Waals surface area (Å²) >= 11 is 0. The van der Waals surface area contributed by atoms with Gasteiger partial charge >= 0.3 is 0 Å². The lowest BCUT2D eigenvalue weighted by Gasteiger charge is -2.23. The average Bonchev–Trinajstić information content (AvgIpc) is 3.01. The van der Waals surface area contributed by atoms with Crippen LogP contribution in [0.2, 0.25) is 0 Å². The molecule has 118 valence electrons. The van der Waals surface area contributed by atoms with Crippen LogP contribution in [0.4, 0.5) is 0 Å². The summed E-state index contributed by atoms with van der Waals surface area (Å²) in [6, 6.07) is 6.67. The molecular weight excluding hydrogens is 290 g/mol. The van der Waals surface area contributed by atoms with Crippen molar-refractivity contribution in [2.24, 2.45) is 5.92 Å². The Morgan fingerprint density at radius 2 is 2.19 bits per heavy atom. The molecule has 2 rings (SSSR count). The summed E-state index contributed by atoms with van der Waals surface area (Å²) in [5.41, 5.74) is 0. The van der Waals surface area contributed by atoms with E-state index in [4.69, 9.17) is 9.47 Å². The largest absolute Gasteiger partial charge is 0.495 e. The Morgan fingerprint density at radius 3 is 2.81 bits per heavy atom. The molecule has 1 aliphatic heterocycles. The van der Waals surface area contributed by atoms with Crippen molar-refractivity contribution < 1.29 is 17.9 Å². The normalized spacial score (nSPS) is 20.4. The van der Waals surface area contributed by atoms with Crippen molar-refractivity contribution in [3.05, 3.63) is 24.3 Å². The van der Waals surface area contributed by atoms with E-state index in [9.17, 15) is 8.42 Å². The van der Waals surface area contributed by atoms with Crippen molar-refractivity contribution in [2.75, 3.05) is 32.6 Å². The third-order valence-electron chi connectivity index (χ3n) is 3.80. The monoisotopic (exact) mass is 313 g/mol. The third kappa shape index (κ3) is 3.96. The summed E-state index contributed by atoms with van der Waals surface area (Å²) in [7, 11) is -1.92. The first-order valence-electron chi connectivity index (χ1n) is 7.25. The molecule has 0 aromatic heterocycles. The molecule has 0 amide bonds. The van der Waals surface area contributed by atoms with Crippen molar-refractivity contribution in [1.82, 2.24) is 5.32 Å². The maximum atomic E-state index is 12.7. The summed E-state index contributed by atoms with van der Waals surface area (Å²) in [4.78, 5) is 0.259. The van der Waals surface area contributed by atoms with Gasteiger partial charge < -0.3 is 14.8 Å². The smallest absolute Gasteiger partial charge is 0.183 e. The molecular formula is C15H23NO4S. The van der Waals surface area contributed by atoms with E-state index >= 15 is 0 Å². The predicted molar refractivity (Wildman–Crippen MR) is 81.4 cm³/mol. The fraction of sp³-hybridized carbons (Fsp3) is 0.600. The Bertz CT molecular complexity index is 553. The van der Waals surface area contributed by atoms with Crippen LogP contribution in [-0.4, -0.2) is 47.1 Å². The minimum absolute atomic E-state index is 0.0647. The first-order valence-corrected chi connectivity index (χ1v) is 8.90. The standard InChI is InChI=1S/C15H23NO4S/c1-3-16-13(12-8-9-20-10-12)11-21(17,18)15-7-5-4-6-14(15)19-2/h4-7,12-13,16H,3,8-11H2,1-2H3. The van der Waals surface area contributed by atoms with Gasteiger partial charge in [-0.15, -0.1) is 0 Å². The number of hydrogen-bond acceptors (Lipinski definition) is 5. The van der Waals surface area contributed by atoms with Gasteiger partial charge in [0, 0.05) is 18.6 Å². The van der Waals surface area contributed by atoms with E-state index in [1.165, 1.54) is 7.11 Å². The lowest BCUT2D eigenvalue weighted by atomic mass is 10.0. The first-order chi connectivity index (χ1) is 10.1. The highest BCUT2D eigenvalue weighted by atomic mass is 32.2. The zero-order chi connectivity index (χ0) is 15.3. The molecule has 5 nitrogen and oxygen atoms in total. The van der Waals surface area contributed by atoms with Crippen LogP contribution in [0.5, 0.6) is 5.75 Å². The Balaban J connectivity index is 2.21. The highest BCUT2D eigenvalue weighted by molar-refractivity contribution is 7.91. The molecule has 1 N–H and O–H groups in total. The number of para-hydroxylation sites is 1. The molecule has 1 fully saturated rings. The van der Waals surface area contributed by atoms with Gasteiger partial charge in [0.15, 0.2) is 9.84 Å². The second-order valence-electron chi connectivity index (χ2n) is 5.22. The van der Waals surface area contributed by atoms with Gasteiger partial charge in [-0.3, -0.25) is 0 Å². The predicted octanol–water partition coefficient (Wildman–Crippen LogP) is 1.48. The minimum atomic E-state index is -3.40. The summed E-state index contributed by atoms with van der Waals surface area (Å²) in [6.07, 6.45) is 0.902. The fourth-order valence-electron chi connectivity index (χ4n) is 2.70. The molecule has 1 aromatic carbocycles. The zero-order valence-electron chi connectivity index (χ0n) is 12.5. The molecule has 2 atom stereocenters. The molecule has 2 unspecified atom stereocenters. The van der Waals surface area contributed by atoms with E-state index in [0.29, 0.717) is 19.0 Å². The number of benzene rings is 1. The van der Waals surface area contributed by atoms with Gasteiger partial charge in [0.05, 0.1) is 19.5 Å². The van der Waals surface area contributed by atoms with Crippen molar-refractivity contribution in [1.29, 1.82) is 0 Å². The quantitative estimate of drug-likeness (QED) is 0.826. The topological polar surface area (TPSA) is 64.6 Å². The van der Waals surface area contributed by atoms with E-state index in [0.717, 1.165) is 13.0 Å². The number of methoxy groups -OCH3 is 1. The van der Waals surface area contributed by atoms with Gasteiger partial charge in [0.1, 0.15) is 10.6 Å². The van der Waals surface area contributed by atoms with E-state index in [-0.39, 0.29) is 22.6 Å². The summed E-state index contributed by atoms with van der Waals surface area (Å²) < 4.78 is 36.0. The first kappa shape index (κ1) is 16.3. The van der Waals surface area contributed by atoms with Gasteiger partial charge in [0.2, 0.25) is 0 Å². The maximum Gasteiger partial charge on any atom is 0.183 e. The lowest BCUT2D eigenvalue weighted by molar-refractivity contribution is 0.179. The molecule has 21 heavy (non-hydrogen) atoms. The van der Waals surface area contributed by atoms with Crippen LogP contribution < -0.4 is 10.1 Å². The van der Waals surface area contributed by atoms with Crippen LogP contribution in [0.3, 0.4) is 0 Å². The van der Waals surface area contributed by atoms with Crippen molar-refractivity contribution in [3.63, 3.8) is 0 Å². The van der Waals surface area contributed by atoms with E-state index in [2.05, 4.69) is 5.32 Å². The van der Waals surface area contributed by atoms with Crippen LogP contribution in [0.1, 0.15) is 13.3 Å². The Kier molecular flexibility index (Phi) is 5.61. The van der Waals surface area contributed by atoms with Crippen LogP contribution >= 0.6 is 0 Å². The Labute approximate surface area is 126 Å². The van der Waals surface area contributed by atoms with Gasteiger partial charge in [-0.25, -0.2) is 8.42 Å². The van der Waals surface area contributed by atoms with E-state index in [1.807, 2.05) is 6.92 Å². The molecule has 0 radical (unpaired) electrons. The Morgan fingerprint density at radius 1 is 1.43 bits per heavy atom. The Hall–Kier alpha value is -1.11. The number of sulfone groups is 1. The number of ether oxygens (including phenoxy) is 2. The van der Waals surface area contributed by atoms with E-state index < -0.39 is 9.84 Å². The highest BCUT2D eigenvalue weighted by Crippen LogP contribution is 2.26. The van der Waals surface area contributed by atoms with Crippen LogP contribution in [-0.2, 0) is 14.6 Å². The molecule has 1 saturated heterocycles. The summed E-state index contributed by atoms with van der Waals surface area (Å²) in [5.74, 6) is 0.708. The number of hydrogen-bond donors (Lipinski definition) is 1. The lowest BCUT2D eigenvalue weighted by Crippen LogP contribution is -2.42. The molecule has 0 saturated carbocycles. The van der Waals surface area contributed by atoms with Gasteiger partial charge in [0.25, 0.3) is 0 Å². The van der Waals surface area contributed by atoms with Crippen molar-refractivity contribution >= 4 is 9.84 Å². The molecule has 0 spiro atoms. The molecule has 1 aliphatic rings. The second kappa shape index (κ2) is 7.24. The van der Waals surface area contributed by atoms with E-state index in [1.54, 1.807) is 24.3 Å². The maximum absolute atomic E-state index is 12.7. The second-order valence-corrected chi connectivity index (χ2v) is 7.22. The summed E-state index contributed by atoms with van der Waals surface area (Å²) in [5, 5.41) is 3.29. The molecule has 0 bridgehead atoms. The fourth-order valence-corrected chi connectivity index (χ4v) is 4.48. The van der Waals surface area contributed by atoms with Crippen molar-refractivity contribution in [2.45, 2.75) is 24.3 Å². The van der Waals surface area contributed by atoms with Crippen molar-refractivity contribution in [3.8, 4) is 5.75 Å². The van der Waals surface area contributed by atoms with Crippen LogP contribution in [0.15, 0.2) is 29.2 Å². The molecule has 0 aliphatic carbocycles. The SMILES string of the molecule is CCNC(CS(=O)(=O)c1ccccc1OC)C1CCOC1. The highest BCUT2D eigenvalue weighted by Gasteiger charge is 2.31. The number of rotatable bonds is 7. The molecule has 6 heteroatoms. The van der Waals surface area contributed by atoms with Gasteiger partial charge in [-0.2, -0.15) is 0 Å². The average molecular weight is 313 g/mol. The zero-order valence-corrected chi connectivity index (χ0v) is 13.4. The third-order valence-corrected chi connectivity index (χ3v) is 5.61. The van der Waals surface area contributed by atoms with Gasteiger partial charge in [-0.05, 0) is 25.1 Å². The van der Waals surface area contributed by atoms with Gasteiger partial charge in [-0.1, -0.05) is 19.1 Å². The van der Waals surface area contributed by atoms with Crippen LogP contribution in [0, 0.1) is 5.92 Å². The molecule has 1 aromatic rings. The summed E-state index contributed by atoms with van der Waals surface area (Å²) in [6.45, 7) is 4.06. The van der Waals surface area contributed by atoms with Crippen LogP contribution in [0.25, 0.3) is 0 Å². The number of nitrogens with one attached hydrogen (secondary N) is 1.